The summed E-state index contributed by atoms with van der Waals surface area (Å²) >= 11 is 0. The minimum atomic E-state index is 0.966. The lowest BCUT2D eigenvalue weighted by Gasteiger charge is -2.05. The lowest BCUT2D eigenvalue weighted by molar-refractivity contribution is 0.519. The van der Waals surface area contributed by atoms with Crippen molar-refractivity contribution < 1.29 is 0 Å². The maximum atomic E-state index is 4.49. The molecule has 0 unspecified atom stereocenters. The number of nitrogens with zero attached hydrogens (tertiary/aromatic N) is 2. The van der Waals surface area contributed by atoms with E-state index in [-0.39, 0.29) is 0 Å². The number of aryl methyl sites for hydroxylation is 1. The average Bonchev–Trinajstić information content (AvgIpc) is 2.92. The summed E-state index contributed by atoms with van der Waals surface area (Å²) in [5.74, 6) is 0. The van der Waals surface area contributed by atoms with Crippen molar-refractivity contribution >= 4 is 0 Å². The molecule has 36 heavy (non-hydrogen) atoms. The van der Waals surface area contributed by atoms with E-state index in [1.807, 2.05) is 30.6 Å². The molecule has 2 aromatic heterocycles. The number of hydrogen-bond donors (Lipinski definition) is 0. The molecule has 0 aliphatic heterocycles. The van der Waals surface area contributed by atoms with Crippen LogP contribution in [0.5, 0.6) is 0 Å². The van der Waals surface area contributed by atoms with Gasteiger partial charge in [0.1, 0.15) is 0 Å². The van der Waals surface area contributed by atoms with Crippen LogP contribution in [-0.2, 0) is 6.42 Å². The number of hydrogen-bond acceptors (Lipinski definition) is 2. The van der Waals surface area contributed by atoms with E-state index >= 15 is 0 Å². The standard InChI is InChI=1S/C34H56N2/c1-2-3-4-5-6-7-8-9-10-11-12-13-14-15-16-17-18-19-20-21-22-23-26-32-28-30-36-34(31-32)33-27-24-25-29-35-33/h24-25,27-31H,2-23,26H2,1H3. The third-order valence-corrected chi connectivity index (χ3v) is 7.57. The highest BCUT2D eigenvalue weighted by molar-refractivity contribution is 5.54. The van der Waals surface area contributed by atoms with E-state index in [0.717, 1.165) is 17.8 Å². The molecule has 2 heterocycles. The van der Waals surface area contributed by atoms with E-state index < -0.39 is 0 Å². The number of pyridine rings is 2. The lowest BCUT2D eigenvalue weighted by atomic mass is 10.0. The van der Waals surface area contributed by atoms with Crippen molar-refractivity contribution in [3.63, 3.8) is 0 Å². The number of rotatable bonds is 24. The van der Waals surface area contributed by atoms with Gasteiger partial charge >= 0.3 is 0 Å². The molecule has 0 radical (unpaired) electrons. The van der Waals surface area contributed by atoms with Gasteiger partial charge in [-0.15, -0.1) is 0 Å². The second-order valence-electron chi connectivity index (χ2n) is 10.9. The molecule has 0 amide bonds. The second kappa shape index (κ2) is 22.5. The molecule has 0 saturated heterocycles. The summed E-state index contributed by atoms with van der Waals surface area (Å²) in [4.78, 5) is 8.91. The zero-order valence-corrected chi connectivity index (χ0v) is 23.7. The first-order valence-corrected chi connectivity index (χ1v) is 15.8. The molecule has 0 aromatic carbocycles. The smallest absolute Gasteiger partial charge is 0.0888 e. The van der Waals surface area contributed by atoms with Gasteiger partial charge < -0.3 is 0 Å². The Labute approximate surface area is 224 Å². The lowest BCUT2D eigenvalue weighted by Crippen LogP contribution is -1.91. The quantitative estimate of drug-likeness (QED) is 0.136. The predicted octanol–water partition coefficient (Wildman–Crippen LogP) is 11.3. The van der Waals surface area contributed by atoms with Crippen molar-refractivity contribution in [3.8, 4) is 11.4 Å². The van der Waals surface area contributed by atoms with Crippen LogP contribution < -0.4 is 0 Å². The molecule has 0 aliphatic rings. The molecule has 0 bridgehead atoms. The predicted molar refractivity (Wildman–Crippen MR) is 158 cm³/mol. The first kappa shape index (κ1) is 30.5. The Balaban J connectivity index is 1.29. The molecule has 0 N–H and O–H groups in total. The third-order valence-electron chi connectivity index (χ3n) is 7.57. The number of aromatic nitrogens is 2. The molecule has 0 saturated carbocycles. The Morgan fingerprint density at radius 3 is 1.33 bits per heavy atom. The first-order chi connectivity index (χ1) is 17.9. The van der Waals surface area contributed by atoms with E-state index in [1.54, 1.807) is 0 Å². The highest BCUT2D eigenvalue weighted by atomic mass is 14.8. The SMILES string of the molecule is CCCCCCCCCCCCCCCCCCCCCCCCc1ccnc(-c2ccccn2)c1. The molecular formula is C34H56N2. The number of unbranched alkanes of at least 4 members (excludes halogenated alkanes) is 21. The Morgan fingerprint density at radius 1 is 0.444 bits per heavy atom. The summed E-state index contributed by atoms with van der Waals surface area (Å²) < 4.78 is 0. The van der Waals surface area contributed by atoms with Crippen LogP contribution in [-0.4, -0.2) is 9.97 Å². The minimum Gasteiger partial charge on any atom is -0.255 e. The third kappa shape index (κ3) is 16.1. The van der Waals surface area contributed by atoms with E-state index in [0.29, 0.717) is 0 Å². The normalized spacial score (nSPS) is 11.2. The van der Waals surface area contributed by atoms with Gasteiger partial charge in [0.25, 0.3) is 0 Å². The fourth-order valence-electron chi connectivity index (χ4n) is 5.22. The fraction of sp³-hybridized carbons (Fsp3) is 0.706. The molecule has 0 aliphatic carbocycles. The highest BCUT2D eigenvalue weighted by Gasteiger charge is 2.02. The van der Waals surface area contributed by atoms with Crippen molar-refractivity contribution in [3.05, 3.63) is 48.3 Å². The maximum absolute atomic E-state index is 4.49. The van der Waals surface area contributed by atoms with Crippen LogP contribution in [0.4, 0.5) is 0 Å². The molecule has 0 spiro atoms. The summed E-state index contributed by atoms with van der Waals surface area (Å²) in [7, 11) is 0. The van der Waals surface area contributed by atoms with Crippen LogP contribution in [0.15, 0.2) is 42.7 Å². The van der Waals surface area contributed by atoms with E-state index in [1.165, 1.54) is 147 Å². The van der Waals surface area contributed by atoms with Crippen LogP contribution in [0, 0.1) is 0 Å². The van der Waals surface area contributed by atoms with Crippen molar-refractivity contribution in [2.24, 2.45) is 0 Å². The molecule has 2 nitrogen and oxygen atoms in total. The largest absolute Gasteiger partial charge is 0.255 e. The zero-order chi connectivity index (χ0) is 25.4. The van der Waals surface area contributed by atoms with Gasteiger partial charge in [0.05, 0.1) is 11.4 Å². The summed E-state index contributed by atoms with van der Waals surface area (Å²) in [6.07, 6.45) is 36.6. The van der Waals surface area contributed by atoms with Crippen LogP contribution in [0.2, 0.25) is 0 Å². The molecule has 2 aromatic rings. The Kier molecular flexibility index (Phi) is 19.1. The van der Waals surface area contributed by atoms with Gasteiger partial charge in [0.15, 0.2) is 0 Å². The van der Waals surface area contributed by atoms with E-state index in [9.17, 15) is 0 Å². The monoisotopic (exact) mass is 492 g/mol. The highest BCUT2D eigenvalue weighted by Crippen LogP contribution is 2.18. The zero-order valence-electron chi connectivity index (χ0n) is 23.7. The van der Waals surface area contributed by atoms with E-state index in [4.69, 9.17) is 0 Å². The van der Waals surface area contributed by atoms with Crippen LogP contribution in [0.25, 0.3) is 11.4 Å². The Hall–Kier alpha value is -1.70. The van der Waals surface area contributed by atoms with Crippen LogP contribution in [0.1, 0.15) is 154 Å². The van der Waals surface area contributed by atoms with Gasteiger partial charge in [-0.25, -0.2) is 0 Å². The molecule has 2 heteroatoms. The van der Waals surface area contributed by atoms with Crippen molar-refractivity contribution in [2.75, 3.05) is 0 Å². The summed E-state index contributed by atoms with van der Waals surface area (Å²) in [6, 6.07) is 10.4. The Bertz CT molecular complexity index is 727. The van der Waals surface area contributed by atoms with Crippen molar-refractivity contribution in [2.45, 2.75) is 155 Å². The van der Waals surface area contributed by atoms with Gasteiger partial charge in [-0.3, -0.25) is 9.97 Å². The van der Waals surface area contributed by atoms with Gasteiger partial charge in [-0.05, 0) is 42.7 Å². The van der Waals surface area contributed by atoms with Crippen LogP contribution >= 0.6 is 0 Å². The van der Waals surface area contributed by atoms with Gasteiger partial charge in [-0.2, -0.15) is 0 Å². The van der Waals surface area contributed by atoms with Crippen molar-refractivity contribution in [1.82, 2.24) is 9.97 Å². The van der Waals surface area contributed by atoms with Crippen molar-refractivity contribution in [1.29, 1.82) is 0 Å². The molecule has 0 fully saturated rings. The first-order valence-electron chi connectivity index (χ1n) is 15.8. The average molecular weight is 493 g/mol. The van der Waals surface area contributed by atoms with E-state index in [2.05, 4.69) is 29.0 Å². The van der Waals surface area contributed by atoms with Crippen LogP contribution in [0.3, 0.4) is 0 Å². The molecule has 2 rings (SSSR count). The maximum Gasteiger partial charge on any atom is 0.0888 e. The summed E-state index contributed by atoms with van der Waals surface area (Å²) in [5, 5.41) is 0. The topological polar surface area (TPSA) is 25.8 Å². The van der Waals surface area contributed by atoms with Gasteiger partial charge in [0, 0.05) is 12.4 Å². The molecular weight excluding hydrogens is 436 g/mol. The van der Waals surface area contributed by atoms with Gasteiger partial charge in [-0.1, -0.05) is 148 Å². The van der Waals surface area contributed by atoms with Gasteiger partial charge in [0.2, 0.25) is 0 Å². The Morgan fingerprint density at radius 2 is 0.889 bits per heavy atom. The molecule has 202 valence electrons. The minimum absolute atomic E-state index is 0.966. The second-order valence-corrected chi connectivity index (χ2v) is 10.9. The molecule has 0 atom stereocenters. The summed E-state index contributed by atoms with van der Waals surface area (Å²) in [5.41, 5.74) is 3.35. The summed E-state index contributed by atoms with van der Waals surface area (Å²) in [6.45, 7) is 2.30. The fourth-order valence-corrected chi connectivity index (χ4v) is 5.22.